The fraction of sp³-hybridized carbons (Fsp3) is 0.700. The maximum Gasteiger partial charge on any atom is 0.321 e. The zero-order valence-corrected chi connectivity index (χ0v) is 11.0. The van der Waals surface area contributed by atoms with Crippen LogP contribution in [0.1, 0.15) is 20.3 Å². The van der Waals surface area contributed by atoms with Crippen LogP contribution < -0.4 is 10.6 Å². The lowest BCUT2D eigenvalue weighted by atomic mass is 9.89. The van der Waals surface area contributed by atoms with Crippen molar-refractivity contribution in [2.45, 2.75) is 20.3 Å². The number of nitrogens with one attached hydrogen (secondary N) is 2. The van der Waals surface area contributed by atoms with Gasteiger partial charge in [-0.15, -0.1) is 0 Å². The molecule has 0 unspecified atom stereocenters. The Kier molecular flexibility index (Phi) is 6.64. The monoisotopic (exact) mass is 262 g/mol. The van der Waals surface area contributed by atoms with Crippen molar-refractivity contribution in [2.75, 3.05) is 18.6 Å². The van der Waals surface area contributed by atoms with Crippen LogP contribution in [0, 0.1) is 5.41 Å². The van der Waals surface area contributed by atoms with E-state index < -0.39 is 23.3 Å². The van der Waals surface area contributed by atoms with E-state index in [-0.39, 0.29) is 6.42 Å². The molecule has 3 N–H and O–H groups in total. The Morgan fingerprint density at radius 3 is 2.35 bits per heavy atom. The number of imide groups is 1. The summed E-state index contributed by atoms with van der Waals surface area (Å²) < 4.78 is 0. The van der Waals surface area contributed by atoms with Crippen molar-refractivity contribution < 1.29 is 19.5 Å². The summed E-state index contributed by atoms with van der Waals surface area (Å²) in [5.41, 5.74) is -1.18. The molecule has 17 heavy (non-hydrogen) atoms. The number of thioether (sulfide) groups is 1. The van der Waals surface area contributed by atoms with Gasteiger partial charge in [0, 0.05) is 18.7 Å². The molecule has 0 rings (SSSR count). The first-order chi connectivity index (χ1) is 7.79. The van der Waals surface area contributed by atoms with E-state index in [2.05, 4.69) is 10.6 Å². The summed E-state index contributed by atoms with van der Waals surface area (Å²) in [5, 5.41) is 13.4. The SMILES string of the molecule is CSCCNC(=O)NC(=O)CC(C)(C)C(=O)O. The molecule has 0 fully saturated rings. The lowest BCUT2D eigenvalue weighted by Gasteiger charge is -2.17. The van der Waals surface area contributed by atoms with Crippen LogP contribution in [0.4, 0.5) is 4.79 Å². The Morgan fingerprint density at radius 2 is 1.88 bits per heavy atom. The second kappa shape index (κ2) is 7.16. The smallest absolute Gasteiger partial charge is 0.321 e. The molecule has 0 aliphatic carbocycles. The van der Waals surface area contributed by atoms with Crippen molar-refractivity contribution in [1.29, 1.82) is 0 Å². The first kappa shape index (κ1) is 15.8. The van der Waals surface area contributed by atoms with Gasteiger partial charge in [-0.05, 0) is 20.1 Å². The van der Waals surface area contributed by atoms with Crippen LogP contribution in [0.3, 0.4) is 0 Å². The molecule has 0 aliphatic rings. The topological polar surface area (TPSA) is 95.5 Å². The summed E-state index contributed by atoms with van der Waals surface area (Å²) in [5.74, 6) is -0.920. The molecule has 7 heteroatoms. The molecule has 0 radical (unpaired) electrons. The average Bonchev–Trinajstić information content (AvgIpc) is 2.16. The second-order valence-electron chi connectivity index (χ2n) is 4.16. The molecular formula is C10H18N2O4S. The first-order valence-electron chi connectivity index (χ1n) is 5.09. The number of carboxylic acid groups (broad SMARTS) is 1. The third kappa shape index (κ3) is 6.83. The standard InChI is InChI=1S/C10H18N2O4S/c1-10(2,8(14)15)6-7(13)12-9(16)11-4-5-17-3/h4-6H2,1-3H3,(H,14,15)(H2,11,12,13,16). The molecule has 0 aromatic heterocycles. The van der Waals surface area contributed by atoms with Gasteiger partial charge < -0.3 is 10.4 Å². The van der Waals surface area contributed by atoms with Crippen LogP contribution in [0.25, 0.3) is 0 Å². The van der Waals surface area contributed by atoms with Crippen molar-refractivity contribution >= 4 is 29.7 Å². The highest BCUT2D eigenvalue weighted by Crippen LogP contribution is 2.19. The Bertz CT molecular complexity index is 305. The van der Waals surface area contributed by atoms with Gasteiger partial charge in [-0.2, -0.15) is 11.8 Å². The van der Waals surface area contributed by atoms with E-state index in [4.69, 9.17) is 5.11 Å². The lowest BCUT2D eigenvalue weighted by molar-refractivity contribution is -0.149. The van der Waals surface area contributed by atoms with E-state index in [1.807, 2.05) is 6.26 Å². The summed E-state index contributed by atoms with van der Waals surface area (Å²) in [7, 11) is 0. The summed E-state index contributed by atoms with van der Waals surface area (Å²) in [6, 6.07) is -0.592. The minimum Gasteiger partial charge on any atom is -0.481 e. The second-order valence-corrected chi connectivity index (χ2v) is 5.15. The summed E-state index contributed by atoms with van der Waals surface area (Å²) in [6.45, 7) is 3.32. The van der Waals surface area contributed by atoms with Crippen LogP contribution in [0.5, 0.6) is 0 Å². The molecule has 3 amide bonds. The summed E-state index contributed by atoms with van der Waals surface area (Å²) >= 11 is 1.57. The van der Waals surface area contributed by atoms with Gasteiger partial charge in [-0.25, -0.2) is 4.79 Å². The van der Waals surface area contributed by atoms with Gasteiger partial charge in [0.15, 0.2) is 0 Å². The number of carboxylic acids is 1. The Hall–Kier alpha value is -1.24. The predicted molar refractivity (Wildman–Crippen MR) is 66.0 cm³/mol. The van der Waals surface area contributed by atoms with Crippen LogP contribution in [0.2, 0.25) is 0 Å². The van der Waals surface area contributed by atoms with Gasteiger partial charge >= 0.3 is 12.0 Å². The number of aliphatic carboxylic acids is 1. The Balaban J connectivity index is 4.02. The van der Waals surface area contributed by atoms with Gasteiger partial charge in [0.2, 0.25) is 5.91 Å². The fourth-order valence-corrected chi connectivity index (χ4v) is 1.26. The molecule has 0 saturated carbocycles. The maximum atomic E-state index is 11.4. The van der Waals surface area contributed by atoms with Crippen LogP contribution in [-0.4, -0.2) is 41.6 Å². The van der Waals surface area contributed by atoms with E-state index in [1.165, 1.54) is 13.8 Å². The van der Waals surface area contributed by atoms with Gasteiger partial charge in [-0.1, -0.05) is 0 Å². The third-order valence-corrected chi connectivity index (χ3v) is 2.64. The number of carbonyl (C=O) groups is 3. The zero-order chi connectivity index (χ0) is 13.5. The minimum absolute atomic E-state index is 0.238. The molecule has 0 bridgehead atoms. The molecule has 0 aromatic rings. The minimum atomic E-state index is -1.18. The van der Waals surface area contributed by atoms with Crippen LogP contribution in [0.15, 0.2) is 0 Å². The molecule has 6 nitrogen and oxygen atoms in total. The number of hydrogen-bond acceptors (Lipinski definition) is 4. The van der Waals surface area contributed by atoms with Crippen molar-refractivity contribution in [3.63, 3.8) is 0 Å². The first-order valence-corrected chi connectivity index (χ1v) is 6.49. The number of carbonyl (C=O) groups excluding carboxylic acids is 2. The van der Waals surface area contributed by atoms with Crippen LogP contribution in [-0.2, 0) is 9.59 Å². The Labute approximate surface area is 105 Å². The molecule has 0 atom stereocenters. The van der Waals surface area contributed by atoms with Gasteiger partial charge in [0.1, 0.15) is 0 Å². The highest BCUT2D eigenvalue weighted by molar-refractivity contribution is 7.98. The maximum absolute atomic E-state index is 11.4. The Morgan fingerprint density at radius 1 is 1.29 bits per heavy atom. The molecule has 98 valence electrons. The highest BCUT2D eigenvalue weighted by atomic mass is 32.2. The zero-order valence-electron chi connectivity index (χ0n) is 10.2. The molecule has 0 heterocycles. The van der Waals surface area contributed by atoms with Crippen molar-refractivity contribution in [3.05, 3.63) is 0 Å². The number of rotatable bonds is 6. The molecule has 0 spiro atoms. The van der Waals surface area contributed by atoms with E-state index in [9.17, 15) is 14.4 Å². The predicted octanol–water partition coefficient (Wildman–Crippen LogP) is 0.676. The molecule has 0 aliphatic heterocycles. The summed E-state index contributed by atoms with van der Waals surface area (Å²) in [6.07, 6.45) is 1.67. The summed E-state index contributed by atoms with van der Waals surface area (Å²) in [4.78, 5) is 33.3. The fourth-order valence-electron chi connectivity index (χ4n) is 0.959. The van der Waals surface area contributed by atoms with Gasteiger partial charge in [-0.3, -0.25) is 14.9 Å². The average molecular weight is 262 g/mol. The van der Waals surface area contributed by atoms with Crippen LogP contribution >= 0.6 is 11.8 Å². The highest BCUT2D eigenvalue weighted by Gasteiger charge is 2.30. The molecule has 0 aromatic carbocycles. The quantitative estimate of drug-likeness (QED) is 0.612. The van der Waals surface area contributed by atoms with Crippen molar-refractivity contribution in [3.8, 4) is 0 Å². The number of urea groups is 1. The largest absolute Gasteiger partial charge is 0.481 e. The molecular weight excluding hydrogens is 244 g/mol. The van der Waals surface area contributed by atoms with E-state index >= 15 is 0 Å². The van der Waals surface area contributed by atoms with Crippen molar-refractivity contribution in [1.82, 2.24) is 10.6 Å². The number of hydrogen-bond donors (Lipinski definition) is 3. The van der Waals surface area contributed by atoms with Gasteiger partial charge in [0.25, 0.3) is 0 Å². The lowest BCUT2D eigenvalue weighted by Crippen LogP contribution is -2.42. The van der Waals surface area contributed by atoms with E-state index in [0.717, 1.165) is 5.75 Å². The normalized spacial score (nSPS) is 10.8. The van der Waals surface area contributed by atoms with E-state index in [0.29, 0.717) is 6.54 Å². The third-order valence-electron chi connectivity index (χ3n) is 2.03. The number of amides is 3. The molecule has 0 saturated heterocycles. The van der Waals surface area contributed by atoms with Gasteiger partial charge in [0.05, 0.1) is 5.41 Å². The van der Waals surface area contributed by atoms with E-state index in [1.54, 1.807) is 11.8 Å². The van der Waals surface area contributed by atoms with Crippen molar-refractivity contribution in [2.24, 2.45) is 5.41 Å².